The molecule has 1 aliphatic heterocycles. The van der Waals surface area contributed by atoms with Crippen LogP contribution >= 0.6 is 0 Å². The first-order chi connectivity index (χ1) is 14.7. The van der Waals surface area contributed by atoms with Gasteiger partial charge in [-0.05, 0) is 43.4 Å². The molecule has 3 aromatic rings. The molecule has 0 unspecified atom stereocenters. The molecule has 1 aliphatic rings. The summed E-state index contributed by atoms with van der Waals surface area (Å²) < 4.78 is 0. The van der Waals surface area contributed by atoms with Crippen molar-refractivity contribution in [1.29, 1.82) is 0 Å². The molecular formula is C22H25N7O. The number of aromatic nitrogens is 3. The molecule has 0 bridgehead atoms. The Bertz CT molecular complexity index is 988. The molecule has 30 heavy (non-hydrogen) atoms. The van der Waals surface area contributed by atoms with Gasteiger partial charge in [0, 0.05) is 49.9 Å². The summed E-state index contributed by atoms with van der Waals surface area (Å²) in [6.45, 7) is 4.21. The Morgan fingerprint density at radius 1 is 0.933 bits per heavy atom. The van der Waals surface area contributed by atoms with Crippen molar-refractivity contribution in [2.24, 2.45) is 0 Å². The zero-order valence-corrected chi connectivity index (χ0v) is 17.0. The number of nitrogens with zero attached hydrogens (tertiary/aromatic N) is 5. The maximum Gasteiger partial charge on any atom is 0.238 e. The lowest BCUT2D eigenvalue weighted by Crippen LogP contribution is -2.47. The van der Waals surface area contributed by atoms with Crippen molar-refractivity contribution < 1.29 is 4.79 Å². The number of benzene rings is 1. The minimum Gasteiger partial charge on any atom is -0.325 e. The number of rotatable bonds is 6. The number of nitrogens with one attached hydrogen (secondary N) is 2. The normalized spacial score (nSPS) is 15.0. The van der Waals surface area contributed by atoms with Gasteiger partial charge < -0.3 is 15.5 Å². The molecule has 0 radical (unpaired) electrons. The summed E-state index contributed by atoms with van der Waals surface area (Å²) in [5, 5.41) is 6.18. The first-order valence-electron chi connectivity index (χ1n) is 9.98. The lowest BCUT2D eigenvalue weighted by Gasteiger charge is -2.31. The Morgan fingerprint density at radius 3 is 2.57 bits per heavy atom. The van der Waals surface area contributed by atoms with Crippen molar-refractivity contribution in [1.82, 2.24) is 24.8 Å². The molecule has 8 nitrogen and oxygen atoms in total. The third-order valence-corrected chi connectivity index (χ3v) is 4.95. The summed E-state index contributed by atoms with van der Waals surface area (Å²) in [5.74, 6) is 0.462. The summed E-state index contributed by atoms with van der Waals surface area (Å²) in [5.41, 5.74) is 3.06. The number of anilines is 3. The molecule has 0 saturated carbocycles. The molecule has 1 saturated heterocycles. The van der Waals surface area contributed by atoms with Crippen LogP contribution in [0.4, 0.5) is 17.3 Å². The molecule has 3 heterocycles. The lowest BCUT2D eigenvalue weighted by atomic mass is 10.2. The van der Waals surface area contributed by atoms with Crippen LogP contribution in [0, 0.1) is 0 Å². The number of hydrogen-bond donors (Lipinski definition) is 2. The zero-order chi connectivity index (χ0) is 20.8. The molecule has 2 N–H and O–H groups in total. The van der Waals surface area contributed by atoms with Crippen LogP contribution in [0.3, 0.4) is 0 Å². The first kappa shape index (κ1) is 19.9. The predicted molar refractivity (Wildman–Crippen MR) is 118 cm³/mol. The maximum atomic E-state index is 12.4. The number of amides is 1. The van der Waals surface area contributed by atoms with Crippen LogP contribution in [-0.2, 0) is 4.79 Å². The quantitative estimate of drug-likeness (QED) is 0.654. The minimum absolute atomic E-state index is 0.00916. The molecule has 0 spiro atoms. The van der Waals surface area contributed by atoms with Crippen LogP contribution in [-0.4, -0.2) is 70.4 Å². The van der Waals surface area contributed by atoms with E-state index in [1.807, 2.05) is 48.5 Å². The van der Waals surface area contributed by atoms with Crippen molar-refractivity contribution in [3.05, 3.63) is 60.9 Å². The second-order valence-electron chi connectivity index (χ2n) is 7.31. The number of piperazine rings is 1. The molecule has 0 atom stereocenters. The fourth-order valence-corrected chi connectivity index (χ4v) is 3.29. The highest BCUT2D eigenvalue weighted by Crippen LogP contribution is 2.20. The standard InChI is InChI=1S/C22H25N7O/c1-28-11-13-29(14-12-28)16-21(30)25-17-5-4-6-18(15-17)26-22-24-10-8-20(27-22)19-7-2-3-9-23-19/h2-10,15H,11-14,16H2,1H3,(H,25,30)(H,24,26,27). The van der Waals surface area contributed by atoms with E-state index in [4.69, 9.17) is 0 Å². The highest BCUT2D eigenvalue weighted by molar-refractivity contribution is 5.92. The number of carbonyl (C=O) groups excluding carboxylic acids is 1. The number of pyridine rings is 1. The van der Waals surface area contributed by atoms with Gasteiger partial charge >= 0.3 is 0 Å². The van der Waals surface area contributed by atoms with Crippen LogP contribution in [0.15, 0.2) is 60.9 Å². The van der Waals surface area contributed by atoms with Gasteiger partial charge in [-0.3, -0.25) is 14.7 Å². The molecule has 1 aromatic carbocycles. The maximum absolute atomic E-state index is 12.4. The van der Waals surface area contributed by atoms with Gasteiger partial charge in [-0.1, -0.05) is 12.1 Å². The van der Waals surface area contributed by atoms with Crippen LogP contribution in [0.1, 0.15) is 0 Å². The number of hydrogen-bond acceptors (Lipinski definition) is 7. The van der Waals surface area contributed by atoms with Gasteiger partial charge in [0.25, 0.3) is 0 Å². The molecular weight excluding hydrogens is 378 g/mol. The van der Waals surface area contributed by atoms with E-state index in [2.05, 4.69) is 42.4 Å². The molecule has 4 rings (SSSR count). The predicted octanol–water partition coefficient (Wildman–Crippen LogP) is 2.47. The van der Waals surface area contributed by atoms with Gasteiger partial charge in [-0.15, -0.1) is 0 Å². The Kier molecular flexibility index (Phi) is 6.26. The van der Waals surface area contributed by atoms with Crippen LogP contribution in [0.25, 0.3) is 11.4 Å². The molecule has 1 fully saturated rings. The fourth-order valence-electron chi connectivity index (χ4n) is 3.29. The van der Waals surface area contributed by atoms with E-state index in [-0.39, 0.29) is 5.91 Å². The smallest absolute Gasteiger partial charge is 0.238 e. The van der Waals surface area contributed by atoms with Crippen molar-refractivity contribution in [2.45, 2.75) is 0 Å². The van der Waals surface area contributed by atoms with E-state index in [1.54, 1.807) is 12.4 Å². The Hall–Kier alpha value is -3.36. The fraction of sp³-hybridized carbons (Fsp3) is 0.273. The second-order valence-corrected chi connectivity index (χ2v) is 7.31. The third kappa shape index (κ3) is 5.37. The molecule has 154 valence electrons. The first-order valence-corrected chi connectivity index (χ1v) is 9.98. The lowest BCUT2D eigenvalue weighted by molar-refractivity contribution is -0.117. The van der Waals surface area contributed by atoms with Gasteiger partial charge in [0.2, 0.25) is 11.9 Å². The topological polar surface area (TPSA) is 86.3 Å². The van der Waals surface area contributed by atoms with E-state index in [9.17, 15) is 4.79 Å². The van der Waals surface area contributed by atoms with Crippen molar-refractivity contribution >= 4 is 23.2 Å². The number of carbonyl (C=O) groups is 1. The third-order valence-electron chi connectivity index (χ3n) is 4.95. The largest absolute Gasteiger partial charge is 0.325 e. The monoisotopic (exact) mass is 403 g/mol. The van der Waals surface area contributed by atoms with Crippen LogP contribution in [0.2, 0.25) is 0 Å². The van der Waals surface area contributed by atoms with Crippen molar-refractivity contribution in [3.8, 4) is 11.4 Å². The molecule has 2 aromatic heterocycles. The Labute approximate surface area is 176 Å². The van der Waals surface area contributed by atoms with E-state index in [0.717, 1.165) is 48.9 Å². The Morgan fingerprint density at radius 2 is 1.77 bits per heavy atom. The average Bonchev–Trinajstić information content (AvgIpc) is 2.76. The SMILES string of the molecule is CN1CCN(CC(=O)Nc2cccc(Nc3nccc(-c4ccccn4)n3)c2)CC1. The van der Waals surface area contributed by atoms with Crippen molar-refractivity contribution in [2.75, 3.05) is 50.4 Å². The van der Waals surface area contributed by atoms with E-state index < -0.39 is 0 Å². The van der Waals surface area contributed by atoms with Gasteiger partial charge in [0.05, 0.1) is 17.9 Å². The molecule has 1 amide bonds. The second kappa shape index (κ2) is 9.43. The summed E-state index contributed by atoms with van der Waals surface area (Å²) in [6.07, 6.45) is 3.43. The number of likely N-dealkylation sites (N-methyl/N-ethyl adjacent to an activating group) is 1. The van der Waals surface area contributed by atoms with E-state index in [0.29, 0.717) is 12.5 Å². The van der Waals surface area contributed by atoms with Gasteiger partial charge in [0.15, 0.2) is 0 Å². The summed E-state index contributed by atoms with van der Waals surface area (Å²) in [6, 6.07) is 15.1. The van der Waals surface area contributed by atoms with Crippen LogP contribution < -0.4 is 10.6 Å². The van der Waals surface area contributed by atoms with E-state index in [1.165, 1.54) is 0 Å². The van der Waals surface area contributed by atoms with Gasteiger partial charge in [-0.2, -0.15) is 0 Å². The summed E-state index contributed by atoms with van der Waals surface area (Å²) in [7, 11) is 2.10. The zero-order valence-electron chi connectivity index (χ0n) is 17.0. The summed E-state index contributed by atoms with van der Waals surface area (Å²) >= 11 is 0. The van der Waals surface area contributed by atoms with E-state index >= 15 is 0 Å². The van der Waals surface area contributed by atoms with Crippen LogP contribution in [0.5, 0.6) is 0 Å². The molecule has 0 aliphatic carbocycles. The highest BCUT2D eigenvalue weighted by Gasteiger charge is 2.16. The van der Waals surface area contributed by atoms with Gasteiger partial charge in [-0.25, -0.2) is 9.97 Å². The average molecular weight is 403 g/mol. The molecule has 8 heteroatoms. The minimum atomic E-state index is -0.00916. The van der Waals surface area contributed by atoms with Crippen molar-refractivity contribution in [3.63, 3.8) is 0 Å². The Balaban J connectivity index is 1.38. The van der Waals surface area contributed by atoms with Gasteiger partial charge in [0.1, 0.15) is 0 Å². The highest BCUT2D eigenvalue weighted by atomic mass is 16.2. The summed E-state index contributed by atoms with van der Waals surface area (Å²) in [4.78, 5) is 30.0.